The van der Waals surface area contributed by atoms with E-state index < -0.39 is 0 Å². The Morgan fingerprint density at radius 1 is 1.19 bits per heavy atom. The number of rotatable bonds is 6. The van der Waals surface area contributed by atoms with Crippen molar-refractivity contribution in [1.82, 2.24) is 5.32 Å². The maximum atomic E-state index is 5.86. The summed E-state index contributed by atoms with van der Waals surface area (Å²) >= 11 is 3.65. The Labute approximate surface area is 134 Å². The Balaban J connectivity index is 1.59. The van der Waals surface area contributed by atoms with E-state index in [0.29, 0.717) is 6.61 Å². The van der Waals surface area contributed by atoms with Gasteiger partial charge in [0.15, 0.2) is 0 Å². The largest absolute Gasteiger partial charge is 0.489 e. The maximum absolute atomic E-state index is 5.86. The monoisotopic (exact) mass is 345 g/mol. The van der Waals surface area contributed by atoms with Crippen LogP contribution in [0.15, 0.2) is 46.9 Å². The topological polar surface area (TPSA) is 21.3 Å². The summed E-state index contributed by atoms with van der Waals surface area (Å²) in [4.78, 5) is 0. The van der Waals surface area contributed by atoms with Crippen LogP contribution < -0.4 is 10.1 Å². The fraction of sp³-hybridized carbons (Fsp3) is 0.333. The van der Waals surface area contributed by atoms with Gasteiger partial charge in [-0.3, -0.25) is 0 Å². The smallest absolute Gasteiger partial charge is 0.120 e. The number of hydrogen-bond donors (Lipinski definition) is 1. The first-order valence-corrected chi connectivity index (χ1v) is 8.20. The van der Waals surface area contributed by atoms with Crippen molar-refractivity contribution >= 4 is 15.9 Å². The van der Waals surface area contributed by atoms with Gasteiger partial charge in [-0.15, -0.1) is 0 Å². The molecule has 2 aromatic carbocycles. The summed E-state index contributed by atoms with van der Waals surface area (Å²) in [5, 5.41) is 3.53. The van der Waals surface area contributed by atoms with E-state index in [0.717, 1.165) is 22.8 Å². The normalized spacial score (nSPS) is 14.2. The summed E-state index contributed by atoms with van der Waals surface area (Å²) in [5.41, 5.74) is 3.70. The molecule has 0 spiro atoms. The lowest BCUT2D eigenvalue weighted by Gasteiger charge is -2.10. The quantitative estimate of drug-likeness (QED) is 0.826. The van der Waals surface area contributed by atoms with Crippen molar-refractivity contribution in [2.75, 3.05) is 0 Å². The maximum Gasteiger partial charge on any atom is 0.120 e. The zero-order chi connectivity index (χ0) is 14.7. The average molecular weight is 346 g/mol. The Morgan fingerprint density at radius 3 is 2.76 bits per heavy atom. The highest BCUT2D eigenvalue weighted by Crippen LogP contribution is 2.23. The van der Waals surface area contributed by atoms with Gasteiger partial charge < -0.3 is 10.1 Å². The average Bonchev–Trinajstić information content (AvgIpc) is 3.28. The summed E-state index contributed by atoms with van der Waals surface area (Å²) in [7, 11) is 0. The van der Waals surface area contributed by atoms with Gasteiger partial charge in [-0.1, -0.05) is 40.2 Å². The lowest BCUT2D eigenvalue weighted by molar-refractivity contribution is 0.305. The minimum Gasteiger partial charge on any atom is -0.489 e. The Hall–Kier alpha value is -1.32. The molecule has 1 aliphatic rings. The minimum atomic E-state index is 0.584. The van der Waals surface area contributed by atoms with E-state index in [-0.39, 0.29) is 0 Å². The number of nitrogens with one attached hydrogen (secondary N) is 1. The fourth-order valence-electron chi connectivity index (χ4n) is 2.23. The van der Waals surface area contributed by atoms with Gasteiger partial charge in [0, 0.05) is 22.6 Å². The molecule has 1 fully saturated rings. The molecular formula is C18H20BrNO. The van der Waals surface area contributed by atoms with Gasteiger partial charge in [-0.2, -0.15) is 0 Å². The van der Waals surface area contributed by atoms with E-state index in [1.54, 1.807) is 0 Å². The molecule has 0 aromatic heterocycles. The summed E-state index contributed by atoms with van der Waals surface area (Å²) in [6.45, 7) is 3.60. The second kappa shape index (κ2) is 6.63. The number of aryl methyl sites for hydroxylation is 1. The molecule has 3 rings (SSSR count). The Morgan fingerprint density at radius 2 is 2.05 bits per heavy atom. The van der Waals surface area contributed by atoms with Crippen molar-refractivity contribution in [3.8, 4) is 5.75 Å². The van der Waals surface area contributed by atoms with E-state index in [9.17, 15) is 0 Å². The van der Waals surface area contributed by atoms with E-state index in [4.69, 9.17) is 4.74 Å². The third kappa shape index (κ3) is 4.32. The minimum absolute atomic E-state index is 0.584. The van der Waals surface area contributed by atoms with Crippen molar-refractivity contribution in [2.45, 2.75) is 39.0 Å². The van der Waals surface area contributed by atoms with Crippen LogP contribution in [0.4, 0.5) is 0 Å². The van der Waals surface area contributed by atoms with Gasteiger partial charge in [0.05, 0.1) is 0 Å². The van der Waals surface area contributed by atoms with E-state index in [1.807, 2.05) is 12.1 Å². The van der Waals surface area contributed by atoms with Crippen LogP contribution in [0.1, 0.15) is 29.5 Å². The SMILES string of the molecule is Cc1cccc(OCc2ccc(CNC3CC3)cc2Br)c1. The zero-order valence-electron chi connectivity index (χ0n) is 12.2. The van der Waals surface area contributed by atoms with Crippen LogP contribution in [0.2, 0.25) is 0 Å². The van der Waals surface area contributed by atoms with E-state index in [2.05, 4.69) is 58.5 Å². The standard InChI is InChI=1S/C18H20BrNO/c1-13-3-2-4-17(9-13)21-12-15-6-5-14(10-18(15)19)11-20-16-7-8-16/h2-6,9-10,16,20H,7-8,11-12H2,1H3. The Bertz CT molecular complexity index is 622. The fourth-order valence-corrected chi connectivity index (χ4v) is 2.77. The van der Waals surface area contributed by atoms with Crippen LogP contribution in [0.5, 0.6) is 5.75 Å². The number of halogens is 1. The van der Waals surface area contributed by atoms with Crippen molar-refractivity contribution in [2.24, 2.45) is 0 Å². The molecule has 0 aliphatic heterocycles. The predicted molar refractivity (Wildman–Crippen MR) is 89.5 cm³/mol. The predicted octanol–water partition coefficient (Wildman–Crippen LogP) is 4.59. The lowest BCUT2D eigenvalue weighted by Crippen LogP contribution is -2.15. The third-order valence-corrected chi connectivity index (χ3v) is 4.41. The van der Waals surface area contributed by atoms with Crippen molar-refractivity contribution in [3.05, 3.63) is 63.6 Å². The summed E-state index contributed by atoms with van der Waals surface area (Å²) in [6.07, 6.45) is 2.65. The summed E-state index contributed by atoms with van der Waals surface area (Å²) in [6, 6.07) is 15.4. The number of ether oxygens (including phenoxy) is 1. The molecule has 0 bridgehead atoms. The highest BCUT2D eigenvalue weighted by Gasteiger charge is 2.19. The van der Waals surface area contributed by atoms with Crippen LogP contribution in [0.25, 0.3) is 0 Å². The van der Waals surface area contributed by atoms with Gasteiger partial charge in [0.2, 0.25) is 0 Å². The molecule has 0 unspecified atom stereocenters. The van der Waals surface area contributed by atoms with Gasteiger partial charge in [-0.05, 0) is 49.1 Å². The van der Waals surface area contributed by atoms with Crippen LogP contribution in [0.3, 0.4) is 0 Å². The Kier molecular flexibility index (Phi) is 4.61. The number of hydrogen-bond acceptors (Lipinski definition) is 2. The zero-order valence-corrected chi connectivity index (χ0v) is 13.8. The molecule has 2 aromatic rings. The number of benzene rings is 2. The molecule has 2 nitrogen and oxygen atoms in total. The molecule has 1 aliphatic carbocycles. The lowest BCUT2D eigenvalue weighted by atomic mass is 10.1. The van der Waals surface area contributed by atoms with E-state index >= 15 is 0 Å². The first-order chi connectivity index (χ1) is 10.2. The van der Waals surface area contributed by atoms with Gasteiger partial charge in [0.25, 0.3) is 0 Å². The van der Waals surface area contributed by atoms with E-state index in [1.165, 1.54) is 29.5 Å². The first-order valence-electron chi connectivity index (χ1n) is 7.41. The van der Waals surface area contributed by atoms with Gasteiger partial charge in [0.1, 0.15) is 12.4 Å². The van der Waals surface area contributed by atoms with Crippen molar-refractivity contribution < 1.29 is 4.74 Å². The van der Waals surface area contributed by atoms with Crippen molar-refractivity contribution in [3.63, 3.8) is 0 Å². The second-order valence-corrected chi connectivity index (χ2v) is 6.54. The first kappa shape index (κ1) is 14.6. The van der Waals surface area contributed by atoms with Crippen molar-refractivity contribution in [1.29, 1.82) is 0 Å². The summed E-state index contributed by atoms with van der Waals surface area (Å²) in [5.74, 6) is 0.918. The molecule has 1 saturated carbocycles. The molecular weight excluding hydrogens is 326 g/mol. The van der Waals surface area contributed by atoms with Gasteiger partial charge in [-0.25, -0.2) is 0 Å². The highest BCUT2D eigenvalue weighted by atomic mass is 79.9. The van der Waals surface area contributed by atoms with Crippen LogP contribution in [-0.4, -0.2) is 6.04 Å². The highest BCUT2D eigenvalue weighted by molar-refractivity contribution is 9.10. The molecule has 3 heteroatoms. The molecule has 1 N–H and O–H groups in total. The molecule has 0 atom stereocenters. The van der Waals surface area contributed by atoms with Crippen LogP contribution in [0, 0.1) is 6.92 Å². The molecule has 21 heavy (non-hydrogen) atoms. The molecule has 0 saturated heterocycles. The van der Waals surface area contributed by atoms with Gasteiger partial charge >= 0.3 is 0 Å². The second-order valence-electron chi connectivity index (χ2n) is 5.69. The molecule has 0 amide bonds. The molecule has 0 heterocycles. The third-order valence-electron chi connectivity index (χ3n) is 3.67. The molecule has 0 radical (unpaired) electrons. The summed E-state index contributed by atoms with van der Waals surface area (Å²) < 4.78 is 6.97. The van der Waals surface area contributed by atoms with Crippen LogP contribution >= 0.6 is 15.9 Å². The van der Waals surface area contributed by atoms with Crippen LogP contribution in [-0.2, 0) is 13.2 Å². The molecule has 110 valence electrons.